The third kappa shape index (κ3) is 3.55. The largest absolute Gasteiger partial charge is 0.490 e. The summed E-state index contributed by atoms with van der Waals surface area (Å²) in [7, 11) is 3.74. The molecule has 4 rings (SSSR count). The van der Waals surface area contributed by atoms with Crippen molar-refractivity contribution < 1.29 is 18.6 Å². The molecule has 9 heteroatoms. The van der Waals surface area contributed by atoms with Gasteiger partial charge in [-0.15, -0.1) is 0 Å². The van der Waals surface area contributed by atoms with E-state index in [9.17, 15) is 13.9 Å². The molecule has 2 atom stereocenters. The summed E-state index contributed by atoms with van der Waals surface area (Å²) >= 11 is 0. The van der Waals surface area contributed by atoms with E-state index >= 15 is 0 Å². The van der Waals surface area contributed by atoms with Gasteiger partial charge < -0.3 is 25.0 Å². The quantitative estimate of drug-likeness (QED) is 0.810. The van der Waals surface area contributed by atoms with Gasteiger partial charge in [0, 0.05) is 39.0 Å². The Bertz CT molecular complexity index is 922. The Balaban J connectivity index is 1.41. The zero-order valence-electron chi connectivity index (χ0n) is 16.9. The van der Waals surface area contributed by atoms with Crippen LogP contribution in [0, 0.1) is 18.6 Å². The van der Waals surface area contributed by atoms with Crippen molar-refractivity contribution in [2.75, 3.05) is 29.2 Å². The molecule has 1 aliphatic heterocycles. The maximum absolute atomic E-state index is 13.3. The van der Waals surface area contributed by atoms with Crippen LogP contribution in [0.4, 0.5) is 26.2 Å². The molecule has 0 radical (unpaired) electrons. The summed E-state index contributed by atoms with van der Waals surface area (Å²) in [6, 6.07) is 3.59. The number of aromatic nitrogens is 2. The van der Waals surface area contributed by atoms with Gasteiger partial charge in [0.2, 0.25) is 5.95 Å². The van der Waals surface area contributed by atoms with Gasteiger partial charge in [0.1, 0.15) is 23.8 Å². The second-order valence-electron chi connectivity index (χ2n) is 7.81. The fourth-order valence-electron chi connectivity index (χ4n) is 3.83. The summed E-state index contributed by atoms with van der Waals surface area (Å²) in [5.74, 6) is -0.174. The summed E-state index contributed by atoms with van der Waals surface area (Å²) in [5, 5.41) is 13.7. The molecule has 0 spiro atoms. The smallest absolute Gasteiger partial charge is 0.225 e. The second-order valence-corrected chi connectivity index (χ2v) is 7.81. The van der Waals surface area contributed by atoms with Gasteiger partial charge in [-0.2, -0.15) is 4.98 Å². The number of aliphatic hydroxyl groups excluding tert-OH is 1. The number of likely N-dealkylation sites (N-methyl/N-ethyl adjacent to an activating group) is 2. The molecule has 1 aliphatic carbocycles. The van der Waals surface area contributed by atoms with Crippen LogP contribution < -0.4 is 19.9 Å². The van der Waals surface area contributed by atoms with E-state index in [-0.39, 0.29) is 18.2 Å². The summed E-state index contributed by atoms with van der Waals surface area (Å²) in [5.41, 5.74) is 1.60. The van der Waals surface area contributed by atoms with Crippen LogP contribution in [0.2, 0.25) is 0 Å². The van der Waals surface area contributed by atoms with Gasteiger partial charge in [-0.25, -0.2) is 13.8 Å². The number of hydrogen-bond acceptors (Lipinski definition) is 7. The Morgan fingerprint density at radius 2 is 1.86 bits per heavy atom. The molecule has 2 aliphatic rings. The predicted octanol–water partition coefficient (Wildman–Crippen LogP) is 2.68. The van der Waals surface area contributed by atoms with Crippen molar-refractivity contribution in [1.29, 1.82) is 0 Å². The van der Waals surface area contributed by atoms with E-state index in [0.717, 1.165) is 29.3 Å². The Labute approximate surface area is 168 Å². The van der Waals surface area contributed by atoms with Gasteiger partial charge in [-0.05, 0) is 26.0 Å². The minimum atomic E-state index is -0.914. The molecule has 29 heavy (non-hydrogen) atoms. The molecule has 1 aromatic heterocycles. The van der Waals surface area contributed by atoms with E-state index < -0.39 is 17.9 Å². The number of halogens is 2. The fourth-order valence-corrected chi connectivity index (χ4v) is 3.83. The highest BCUT2D eigenvalue weighted by Gasteiger charge is 2.36. The first-order valence-corrected chi connectivity index (χ1v) is 9.65. The number of hydrogen-bond donors (Lipinski definition) is 2. The normalized spacial score (nSPS) is 26.0. The predicted molar refractivity (Wildman–Crippen MR) is 106 cm³/mol. The van der Waals surface area contributed by atoms with Crippen LogP contribution in [-0.2, 0) is 0 Å². The van der Waals surface area contributed by atoms with Crippen molar-refractivity contribution in [3.8, 4) is 5.75 Å². The molecule has 0 amide bonds. The molecular formula is C20H25F2N5O2. The molecule has 1 saturated carbocycles. The van der Waals surface area contributed by atoms with Crippen molar-refractivity contribution in [3.05, 3.63) is 35.5 Å². The van der Waals surface area contributed by atoms with E-state index in [0.29, 0.717) is 24.5 Å². The first-order chi connectivity index (χ1) is 13.7. The lowest BCUT2D eigenvalue weighted by molar-refractivity contribution is 0.107. The van der Waals surface area contributed by atoms with Crippen LogP contribution in [0.15, 0.2) is 18.2 Å². The summed E-state index contributed by atoms with van der Waals surface area (Å²) in [6.45, 7) is 3.84. The van der Waals surface area contributed by atoms with Crippen molar-refractivity contribution in [2.24, 2.45) is 0 Å². The van der Waals surface area contributed by atoms with Crippen LogP contribution >= 0.6 is 0 Å². The van der Waals surface area contributed by atoms with Gasteiger partial charge in [0.15, 0.2) is 17.5 Å². The number of anilines is 3. The van der Waals surface area contributed by atoms with Crippen LogP contribution in [0.1, 0.15) is 25.5 Å². The number of ether oxygens (including phenoxy) is 1. The third-order valence-electron chi connectivity index (χ3n) is 5.79. The van der Waals surface area contributed by atoms with Crippen LogP contribution in [0.5, 0.6) is 5.75 Å². The molecule has 156 valence electrons. The lowest BCUT2D eigenvalue weighted by Gasteiger charge is -2.43. The SMILES string of the molecule is Cc1nc(N[C@H]2C[C@H](Oc3ccc(F)c(F)c3)C2)nc2c1N(C)C(O)[C@H](C)N2C. The molecule has 1 unspecified atom stereocenters. The van der Waals surface area contributed by atoms with Crippen LogP contribution in [0.3, 0.4) is 0 Å². The van der Waals surface area contributed by atoms with E-state index in [2.05, 4.69) is 15.3 Å². The van der Waals surface area contributed by atoms with E-state index in [4.69, 9.17) is 4.74 Å². The molecule has 2 aromatic rings. The monoisotopic (exact) mass is 405 g/mol. The number of benzene rings is 1. The molecule has 2 N–H and O–H groups in total. The lowest BCUT2D eigenvalue weighted by Crippen LogP contribution is -2.53. The molecule has 0 saturated heterocycles. The molecular weight excluding hydrogens is 380 g/mol. The van der Waals surface area contributed by atoms with Crippen molar-refractivity contribution in [3.63, 3.8) is 0 Å². The number of fused-ring (bicyclic) bond motifs is 1. The van der Waals surface area contributed by atoms with Gasteiger partial charge in [0.25, 0.3) is 0 Å². The Kier molecular flexibility index (Phi) is 4.94. The Hall–Kier alpha value is -2.68. The van der Waals surface area contributed by atoms with E-state index in [1.165, 1.54) is 6.07 Å². The van der Waals surface area contributed by atoms with Gasteiger partial charge in [-0.1, -0.05) is 0 Å². The highest BCUT2D eigenvalue weighted by Crippen LogP contribution is 2.37. The van der Waals surface area contributed by atoms with Crippen LogP contribution in [0.25, 0.3) is 0 Å². The highest BCUT2D eigenvalue weighted by atomic mass is 19.2. The number of nitrogens with one attached hydrogen (secondary N) is 1. The molecule has 0 bridgehead atoms. The number of rotatable bonds is 4. The zero-order chi connectivity index (χ0) is 20.9. The van der Waals surface area contributed by atoms with Crippen molar-refractivity contribution in [2.45, 2.75) is 51.1 Å². The minimum absolute atomic E-state index is 0.0694. The number of aliphatic hydroxyl groups is 1. The highest BCUT2D eigenvalue weighted by molar-refractivity contribution is 5.73. The Morgan fingerprint density at radius 3 is 2.55 bits per heavy atom. The number of nitrogens with zero attached hydrogens (tertiary/aromatic N) is 4. The topological polar surface area (TPSA) is 73.8 Å². The first-order valence-electron chi connectivity index (χ1n) is 9.65. The maximum atomic E-state index is 13.3. The van der Waals surface area contributed by atoms with Crippen molar-refractivity contribution >= 4 is 17.5 Å². The average molecular weight is 405 g/mol. The van der Waals surface area contributed by atoms with E-state index in [1.807, 2.05) is 32.8 Å². The number of aryl methyl sites for hydroxylation is 1. The lowest BCUT2D eigenvalue weighted by atomic mass is 9.89. The average Bonchev–Trinajstić information content (AvgIpc) is 2.65. The summed E-state index contributed by atoms with van der Waals surface area (Å²) in [4.78, 5) is 13.0. The van der Waals surface area contributed by atoms with E-state index in [1.54, 1.807) is 4.90 Å². The molecule has 2 heterocycles. The van der Waals surface area contributed by atoms with Gasteiger partial charge in [0.05, 0.1) is 11.7 Å². The molecule has 1 aromatic carbocycles. The van der Waals surface area contributed by atoms with Gasteiger partial charge in [-0.3, -0.25) is 0 Å². The second kappa shape index (κ2) is 7.29. The standard InChI is InChI=1S/C20H25F2N5O2/c1-10-17-18(26(3)11(2)19(28)27(17)4)25-20(23-10)24-12-7-14(8-12)29-13-5-6-15(21)16(22)9-13/h5-6,9,11-12,14,19,28H,7-8H2,1-4H3,(H,23,24,25)/t11-,12-,14-,19?/m0/s1. The zero-order valence-corrected chi connectivity index (χ0v) is 16.9. The Morgan fingerprint density at radius 1 is 1.14 bits per heavy atom. The third-order valence-corrected chi connectivity index (χ3v) is 5.79. The maximum Gasteiger partial charge on any atom is 0.225 e. The van der Waals surface area contributed by atoms with Crippen molar-refractivity contribution in [1.82, 2.24) is 9.97 Å². The minimum Gasteiger partial charge on any atom is -0.490 e. The molecule has 7 nitrogen and oxygen atoms in total. The van der Waals surface area contributed by atoms with Crippen LogP contribution in [-0.4, -0.2) is 53.6 Å². The first kappa shape index (κ1) is 19.6. The fraction of sp³-hybridized carbons (Fsp3) is 0.500. The summed E-state index contributed by atoms with van der Waals surface area (Å²) < 4.78 is 32.0. The molecule has 1 fully saturated rings. The van der Waals surface area contributed by atoms with Gasteiger partial charge >= 0.3 is 0 Å². The summed E-state index contributed by atoms with van der Waals surface area (Å²) in [6.07, 6.45) is 0.724.